The van der Waals surface area contributed by atoms with Crippen molar-refractivity contribution in [3.05, 3.63) is 53.6 Å². The van der Waals surface area contributed by atoms with Gasteiger partial charge in [-0.15, -0.1) is 30.4 Å². The van der Waals surface area contributed by atoms with Crippen molar-refractivity contribution < 1.29 is 21.9 Å². The van der Waals surface area contributed by atoms with Crippen molar-refractivity contribution in [2.45, 2.75) is 88.5 Å². The molecule has 0 bridgehead atoms. The summed E-state index contributed by atoms with van der Waals surface area (Å²) in [5.74, 6) is 0. The number of hydrogen-bond donors (Lipinski definition) is 0. The minimum absolute atomic E-state index is 0. The quantitative estimate of drug-likeness (QED) is 0.191. The van der Waals surface area contributed by atoms with E-state index >= 15 is 0 Å². The summed E-state index contributed by atoms with van der Waals surface area (Å²) >= 11 is 0. The average Bonchev–Trinajstić information content (AvgIpc) is 3.48. The summed E-state index contributed by atoms with van der Waals surface area (Å²) in [4.78, 5) is 14.3. The Morgan fingerprint density at radius 3 is 1.77 bits per heavy atom. The molecular formula is C27H40FeNOP-6. The van der Waals surface area contributed by atoms with E-state index in [2.05, 4.69) is 38.1 Å². The van der Waals surface area contributed by atoms with Crippen LogP contribution in [0.25, 0.3) is 0 Å². The van der Waals surface area contributed by atoms with E-state index in [0.717, 1.165) is 16.9 Å². The molecule has 0 amide bonds. The Morgan fingerprint density at radius 1 is 0.935 bits per heavy atom. The molecule has 0 spiro atoms. The zero-order valence-electron chi connectivity index (χ0n) is 19.6. The summed E-state index contributed by atoms with van der Waals surface area (Å²) in [6.45, 7) is 2.22. The van der Waals surface area contributed by atoms with Crippen LogP contribution in [0.5, 0.6) is 0 Å². The minimum atomic E-state index is -0.192. The number of hydrogen-bond acceptors (Lipinski definition) is 2. The fourth-order valence-electron chi connectivity index (χ4n) is 5.22. The van der Waals surface area contributed by atoms with Crippen molar-refractivity contribution in [2.75, 3.05) is 14.1 Å². The predicted octanol–water partition coefficient (Wildman–Crippen LogP) is 7.02. The normalized spacial score (nSPS) is 18.9. The van der Waals surface area contributed by atoms with Gasteiger partial charge in [-0.2, -0.15) is 6.07 Å². The topological polar surface area (TPSA) is 20.3 Å². The summed E-state index contributed by atoms with van der Waals surface area (Å²) < 4.78 is 0. The summed E-state index contributed by atoms with van der Waals surface area (Å²) in [7, 11) is 4.02. The molecular weight excluding hydrogens is 441 g/mol. The molecule has 4 rings (SSSR count). The zero-order valence-corrected chi connectivity index (χ0v) is 21.6. The van der Waals surface area contributed by atoms with Gasteiger partial charge in [-0.05, 0) is 57.1 Å². The van der Waals surface area contributed by atoms with Gasteiger partial charge in [0, 0.05) is 17.1 Å². The Bertz CT molecular complexity index is 691. The molecule has 178 valence electrons. The van der Waals surface area contributed by atoms with Crippen molar-refractivity contribution in [1.29, 1.82) is 0 Å². The molecule has 0 saturated heterocycles. The van der Waals surface area contributed by atoms with Gasteiger partial charge >= 0.3 is 0 Å². The summed E-state index contributed by atoms with van der Waals surface area (Å²) in [6, 6.07) is 14.9. The van der Waals surface area contributed by atoms with Crippen molar-refractivity contribution >= 4 is 19.5 Å². The van der Waals surface area contributed by atoms with Gasteiger partial charge in [0.25, 0.3) is 0 Å². The van der Waals surface area contributed by atoms with E-state index in [1.54, 1.807) is 0 Å². The van der Waals surface area contributed by atoms with Gasteiger partial charge in [-0.1, -0.05) is 45.4 Å². The molecule has 0 heterocycles. The standard InChI is InChI=1S/C22H35NOP.C5H5.Fe/c1-17(23(2)3)20-14-15-22(21(20)16-24)25(18-10-6-4-7-11-18)19-12-8-5-9-13-19;1-2-4-5-3-1;/h14-19H,4-13H2,1-3H3;1-5H;/q-1;-5;. The second-order valence-electron chi connectivity index (χ2n) is 9.30. The number of carbonyl (C=O) groups excluding carboxylic acids is 1. The van der Waals surface area contributed by atoms with Crippen LogP contribution in [-0.2, 0) is 17.1 Å². The van der Waals surface area contributed by atoms with E-state index in [-0.39, 0.29) is 25.0 Å². The maximum Gasteiger partial charge on any atom is 0.0659 e. The second kappa shape index (κ2) is 13.7. The molecule has 2 aromatic rings. The minimum Gasteiger partial charge on any atom is -0.748 e. The molecule has 4 heteroatoms. The Balaban J connectivity index is 0.000000501. The monoisotopic (exact) mass is 481 g/mol. The molecule has 2 nitrogen and oxygen atoms in total. The van der Waals surface area contributed by atoms with Gasteiger partial charge < -0.3 is 40.0 Å². The number of nitrogens with zero attached hydrogens (tertiary/aromatic N) is 1. The van der Waals surface area contributed by atoms with Gasteiger partial charge in [0.15, 0.2) is 0 Å². The second-order valence-corrected chi connectivity index (χ2v) is 12.1. The molecule has 2 saturated carbocycles. The van der Waals surface area contributed by atoms with Crippen LogP contribution in [0.1, 0.15) is 93.1 Å². The molecule has 31 heavy (non-hydrogen) atoms. The fourth-order valence-corrected chi connectivity index (χ4v) is 9.16. The van der Waals surface area contributed by atoms with Crippen LogP contribution < -0.4 is 5.30 Å². The zero-order chi connectivity index (χ0) is 21.3. The van der Waals surface area contributed by atoms with Crippen LogP contribution in [0.15, 0.2) is 42.5 Å². The van der Waals surface area contributed by atoms with E-state index < -0.39 is 0 Å². The van der Waals surface area contributed by atoms with E-state index in [0.29, 0.717) is 6.04 Å². The third kappa shape index (κ3) is 7.13. The van der Waals surface area contributed by atoms with Gasteiger partial charge in [-0.3, -0.25) is 0 Å². The molecule has 1 unspecified atom stereocenters. The molecule has 0 N–H and O–H groups in total. The SMILES string of the molecule is CC([c-]1ccc(P(C2CCCCC2)C2CCCCC2)c1C=O)N(C)C.[Fe].[cH-]1[cH-][cH-][cH-][cH-]1. The molecule has 2 aliphatic carbocycles. The third-order valence-electron chi connectivity index (χ3n) is 7.12. The Hall–Kier alpha value is -0.721. The van der Waals surface area contributed by atoms with E-state index in [1.165, 1.54) is 81.4 Å². The van der Waals surface area contributed by atoms with Gasteiger partial charge in [0.05, 0.1) is 6.29 Å². The average molecular weight is 481 g/mol. The predicted molar refractivity (Wildman–Crippen MR) is 132 cm³/mol. The number of rotatable bonds is 6. The smallest absolute Gasteiger partial charge is 0.0659 e. The van der Waals surface area contributed by atoms with Crippen LogP contribution in [0.4, 0.5) is 0 Å². The Kier molecular flexibility index (Phi) is 11.8. The van der Waals surface area contributed by atoms with Crippen molar-refractivity contribution in [2.24, 2.45) is 0 Å². The summed E-state index contributed by atoms with van der Waals surface area (Å²) in [6.07, 6.45) is 15.2. The first-order valence-electron chi connectivity index (χ1n) is 12.0. The van der Waals surface area contributed by atoms with E-state index in [4.69, 9.17) is 0 Å². The number of carbonyl (C=O) groups is 1. The van der Waals surface area contributed by atoms with E-state index in [9.17, 15) is 4.79 Å². The largest absolute Gasteiger partial charge is 0.748 e. The van der Waals surface area contributed by atoms with Gasteiger partial charge in [-0.25, -0.2) is 0 Å². The van der Waals surface area contributed by atoms with Gasteiger partial charge in [0.2, 0.25) is 0 Å². The maximum absolute atomic E-state index is 12.1. The van der Waals surface area contributed by atoms with Crippen molar-refractivity contribution in [3.63, 3.8) is 0 Å². The fraction of sp³-hybridized carbons (Fsp3) is 0.593. The van der Waals surface area contributed by atoms with Crippen LogP contribution in [0.2, 0.25) is 0 Å². The molecule has 2 fully saturated rings. The molecule has 1 atom stereocenters. The maximum atomic E-state index is 12.1. The van der Waals surface area contributed by atoms with Gasteiger partial charge in [0.1, 0.15) is 0 Å². The van der Waals surface area contributed by atoms with Crippen LogP contribution in [0, 0.1) is 0 Å². The Labute approximate surface area is 202 Å². The molecule has 2 aromatic carbocycles. The molecule has 0 radical (unpaired) electrons. The van der Waals surface area contributed by atoms with E-state index in [1.807, 2.05) is 30.3 Å². The van der Waals surface area contributed by atoms with Crippen molar-refractivity contribution in [1.82, 2.24) is 4.90 Å². The first kappa shape index (κ1) is 26.5. The first-order valence-corrected chi connectivity index (χ1v) is 13.5. The van der Waals surface area contributed by atoms with Crippen LogP contribution in [0.3, 0.4) is 0 Å². The van der Waals surface area contributed by atoms with Crippen molar-refractivity contribution in [3.8, 4) is 0 Å². The molecule has 0 aliphatic heterocycles. The molecule has 0 aromatic heterocycles. The summed E-state index contributed by atoms with van der Waals surface area (Å²) in [5.41, 5.74) is 4.00. The first-order chi connectivity index (χ1) is 14.6. The number of aldehydes is 1. The van der Waals surface area contributed by atoms with Crippen LogP contribution >= 0.6 is 7.92 Å². The van der Waals surface area contributed by atoms with Crippen LogP contribution in [-0.4, -0.2) is 36.6 Å². The third-order valence-corrected chi connectivity index (χ3v) is 10.7. The molecule has 2 aliphatic rings. The Morgan fingerprint density at radius 2 is 1.39 bits per heavy atom. The summed E-state index contributed by atoms with van der Waals surface area (Å²) in [5, 5.41) is 1.45.